The molecule has 0 spiro atoms. The third-order valence-electron chi connectivity index (χ3n) is 4.72. The fraction of sp³-hybridized carbons (Fsp3) is 0.533. The summed E-state index contributed by atoms with van der Waals surface area (Å²) in [6.45, 7) is 3.34. The monoisotopic (exact) mass is 242 g/mol. The molecule has 0 saturated carbocycles. The minimum absolute atomic E-state index is 0.162. The van der Waals surface area contributed by atoms with E-state index in [9.17, 15) is 4.79 Å². The highest BCUT2D eigenvalue weighted by molar-refractivity contribution is 5.69. The molecule has 1 aromatic rings. The van der Waals surface area contributed by atoms with Crippen LogP contribution >= 0.6 is 0 Å². The lowest BCUT2D eigenvalue weighted by Gasteiger charge is -2.48. The second-order valence-corrected chi connectivity index (χ2v) is 5.69. The van der Waals surface area contributed by atoms with Crippen molar-refractivity contribution >= 4 is 5.57 Å². The summed E-state index contributed by atoms with van der Waals surface area (Å²) >= 11 is 0. The van der Waals surface area contributed by atoms with Crippen LogP contribution in [0, 0.1) is 5.92 Å². The van der Waals surface area contributed by atoms with E-state index in [0.717, 1.165) is 18.7 Å². The van der Waals surface area contributed by atoms with Crippen LogP contribution in [-0.4, -0.2) is 28.6 Å². The van der Waals surface area contributed by atoms with Crippen LogP contribution in [0.2, 0.25) is 0 Å². The van der Waals surface area contributed by atoms with Crippen molar-refractivity contribution < 1.29 is 0 Å². The average Bonchev–Trinajstić information content (AvgIpc) is 2.41. The Kier molecular flexibility index (Phi) is 2.24. The summed E-state index contributed by atoms with van der Waals surface area (Å²) in [6.07, 6.45) is 6.04. The summed E-state index contributed by atoms with van der Waals surface area (Å²) in [6, 6.07) is 6.28. The third-order valence-corrected chi connectivity index (χ3v) is 4.72. The second kappa shape index (κ2) is 3.82. The van der Waals surface area contributed by atoms with Gasteiger partial charge in [-0.25, -0.2) is 0 Å². The molecule has 1 saturated heterocycles. The van der Waals surface area contributed by atoms with Gasteiger partial charge in [-0.3, -0.25) is 9.69 Å². The van der Waals surface area contributed by atoms with Crippen molar-refractivity contribution in [2.45, 2.75) is 31.8 Å². The predicted molar refractivity (Wildman–Crippen MR) is 71.4 cm³/mol. The Morgan fingerprint density at radius 3 is 3.11 bits per heavy atom. The zero-order valence-electron chi connectivity index (χ0n) is 10.5. The fourth-order valence-electron chi connectivity index (χ4n) is 4.00. The van der Waals surface area contributed by atoms with Crippen LogP contribution < -0.4 is 5.56 Å². The lowest BCUT2D eigenvalue weighted by atomic mass is 9.78. The number of piperidine rings is 1. The van der Waals surface area contributed by atoms with Gasteiger partial charge < -0.3 is 4.57 Å². The van der Waals surface area contributed by atoms with Crippen molar-refractivity contribution in [3.63, 3.8) is 0 Å². The van der Waals surface area contributed by atoms with Crippen LogP contribution in [0.1, 0.15) is 25.0 Å². The van der Waals surface area contributed by atoms with Crippen molar-refractivity contribution in [1.82, 2.24) is 9.47 Å². The lowest BCUT2D eigenvalue weighted by molar-refractivity contribution is 0.107. The zero-order chi connectivity index (χ0) is 12.1. The number of rotatable bonds is 0. The number of fused-ring (bicyclic) bond motifs is 2. The molecule has 0 bridgehead atoms. The van der Waals surface area contributed by atoms with Gasteiger partial charge in [0.2, 0.25) is 0 Å². The van der Waals surface area contributed by atoms with Crippen LogP contribution in [0.3, 0.4) is 0 Å². The van der Waals surface area contributed by atoms with Gasteiger partial charge in [0.1, 0.15) is 0 Å². The molecule has 0 radical (unpaired) electrons. The van der Waals surface area contributed by atoms with Crippen LogP contribution in [0.4, 0.5) is 0 Å². The maximum atomic E-state index is 12.0. The van der Waals surface area contributed by atoms with Crippen LogP contribution in [0.25, 0.3) is 5.57 Å². The van der Waals surface area contributed by atoms with E-state index in [0.29, 0.717) is 12.0 Å². The fourth-order valence-corrected chi connectivity index (χ4v) is 4.00. The molecule has 1 aromatic heterocycles. The van der Waals surface area contributed by atoms with E-state index in [2.05, 4.69) is 17.0 Å². The molecule has 3 aliphatic heterocycles. The van der Waals surface area contributed by atoms with Gasteiger partial charge in [0, 0.05) is 30.9 Å². The molecule has 2 atom stereocenters. The number of hydrogen-bond donors (Lipinski definition) is 0. The second-order valence-electron chi connectivity index (χ2n) is 5.69. The first kappa shape index (κ1) is 10.6. The SMILES string of the molecule is O=c1cccc2n1C[C@H]1CCCN3CCC=C2[C@@H]13. The quantitative estimate of drug-likeness (QED) is 0.692. The van der Waals surface area contributed by atoms with E-state index in [1.54, 1.807) is 6.07 Å². The van der Waals surface area contributed by atoms with Gasteiger partial charge >= 0.3 is 0 Å². The molecule has 94 valence electrons. The van der Waals surface area contributed by atoms with E-state index in [1.807, 2.05) is 10.6 Å². The maximum absolute atomic E-state index is 12.0. The molecule has 4 rings (SSSR count). The maximum Gasteiger partial charge on any atom is 0.250 e. The van der Waals surface area contributed by atoms with E-state index >= 15 is 0 Å². The first-order valence-corrected chi connectivity index (χ1v) is 6.99. The highest BCUT2D eigenvalue weighted by Crippen LogP contribution is 2.40. The smallest absolute Gasteiger partial charge is 0.250 e. The van der Waals surface area contributed by atoms with Crippen molar-refractivity contribution in [3.05, 3.63) is 40.3 Å². The van der Waals surface area contributed by atoms with E-state index in [1.165, 1.54) is 31.5 Å². The molecule has 4 heterocycles. The van der Waals surface area contributed by atoms with Crippen molar-refractivity contribution in [2.24, 2.45) is 5.92 Å². The van der Waals surface area contributed by atoms with Gasteiger partial charge in [-0.2, -0.15) is 0 Å². The van der Waals surface area contributed by atoms with Crippen LogP contribution in [0.5, 0.6) is 0 Å². The van der Waals surface area contributed by atoms with Gasteiger partial charge in [-0.1, -0.05) is 12.1 Å². The molecule has 0 aliphatic carbocycles. The van der Waals surface area contributed by atoms with Gasteiger partial charge in [0.15, 0.2) is 0 Å². The van der Waals surface area contributed by atoms with Gasteiger partial charge in [0.05, 0.1) is 0 Å². The average molecular weight is 242 g/mol. The molecular weight excluding hydrogens is 224 g/mol. The van der Waals surface area contributed by atoms with Crippen molar-refractivity contribution in [1.29, 1.82) is 0 Å². The Morgan fingerprint density at radius 2 is 2.17 bits per heavy atom. The first-order chi connectivity index (χ1) is 8.84. The number of aromatic nitrogens is 1. The van der Waals surface area contributed by atoms with E-state index < -0.39 is 0 Å². The van der Waals surface area contributed by atoms with Gasteiger partial charge in [-0.05, 0) is 43.4 Å². The number of nitrogens with zero attached hydrogens (tertiary/aromatic N) is 2. The summed E-state index contributed by atoms with van der Waals surface area (Å²) in [5.41, 5.74) is 2.74. The Hall–Kier alpha value is -1.35. The largest absolute Gasteiger partial charge is 0.308 e. The Balaban J connectivity index is 1.92. The molecule has 0 aromatic carbocycles. The molecule has 0 amide bonds. The molecular formula is C15H18N2O. The predicted octanol–water partition coefficient (Wildman–Crippen LogP) is 1.73. The summed E-state index contributed by atoms with van der Waals surface area (Å²) in [5.74, 6) is 0.637. The van der Waals surface area contributed by atoms with E-state index in [4.69, 9.17) is 0 Å². The van der Waals surface area contributed by atoms with Crippen LogP contribution in [0.15, 0.2) is 29.1 Å². The zero-order valence-corrected chi connectivity index (χ0v) is 10.5. The highest BCUT2D eigenvalue weighted by atomic mass is 16.1. The molecule has 3 aliphatic rings. The summed E-state index contributed by atoms with van der Waals surface area (Å²) < 4.78 is 1.99. The molecule has 1 fully saturated rings. The summed E-state index contributed by atoms with van der Waals surface area (Å²) in [4.78, 5) is 14.7. The van der Waals surface area contributed by atoms with E-state index in [-0.39, 0.29) is 5.56 Å². The van der Waals surface area contributed by atoms with Crippen molar-refractivity contribution in [2.75, 3.05) is 13.1 Å². The summed E-state index contributed by atoms with van der Waals surface area (Å²) in [7, 11) is 0. The topological polar surface area (TPSA) is 25.2 Å². The first-order valence-electron chi connectivity index (χ1n) is 6.99. The normalized spacial score (nSPS) is 30.3. The Labute approximate surface area is 107 Å². The highest BCUT2D eigenvalue weighted by Gasteiger charge is 2.40. The standard InChI is InChI=1S/C15H18N2O/c18-14-7-1-6-13-12-5-3-9-16-8-2-4-11(15(12)16)10-17(13)14/h1,5-7,11,15H,2-4,8-10H2/t11-,15-/m1/s1. The molecule has 3 heteroatoms. The molecule has 3 nitrogen and oxygen atoms in total. The minimum atomic E-state index is 0.162. The molecule has 0 N–H and O–H groups in total. The number of hydrogen-bond acceptors (Lipinski definition) is 2. The number of pyridine rings is 1. The molecule has 18 heavy (non-hydrogen) atoms. The van der Waals surface area contributed by atoms with Crippen LogP contribution in [-0.2, 0) is 6.54 Å². The molecule has 0 unspecified atom stereocenters. The van der Waals surface area contributed by atoms with Crippen molar-refractivity contribution in [3.8, 4) is 0 Å². The Morgan fingerprint density at radius 1 is 1.22 bits per heavy atom. The lowest BCUT2D eigenvalue weighted by Crippen LogP contribution is -2.52. The van der Waals surface area contributed by atoms with Gasteiger partial charge in [-0.15, -0.1) is 0 Å². The van der Waals surface area contributed by atoms with Gasteiger partial charge in [0.25, 0.3) is 5.56 Å². The summed E-state index contributed by atoms with van der Waals surface area (Å²) in [5, 5.41) is 0. The minimum Gasteiger partial charge on any atom is -0.308 e. The Bertz CT molecular complexity index is 572. The third kappa shape index (κ3) is 1.37.